The van der Waals surface area contributed by atoms with Crippen LogP contribution in [-0.2, 0) is 6.54 Å². The van der Waals surface area contributed by atoms with Gasteiger partial charge in [-0.15, -0.1) is 0 Å². The summed E-state index contributed by atoms with van der Waals surface area (Å²) in [7, 11) is 3.63. The van der Waals surface area contributed by atoms with Crippen LogP contribution in [0, 0.1) is 20.8 Å². The first kappa shape index (κ1) is 13.6. The van der Waals surface area contributed by atoms with Gasteiger partial charge in [-0.2, -0.15) is 0 Å². The van der Waals surface area contributed by atoms with E-state index >= 15 is 0 Å². The number of nitrogens with zero attached hydrogens (tertiary/aromatic N) is 1. The summed E-state index contributed by atoms with van der Waals surface area (Å²) in [6.45, 7) is 7.02. The average molecular weight is 259 g/mol. The third kappa shape index (κ3) is 2.49. The Bertz CT molecular complexity index is 587. The van der Waals surface area contributed by atoms with Crippen LogP contribution in [0.3, 0.4) is 0 Å². The molecule has 0 atom stereocenters. The van der Waals surface area contributed by atoms with Crippen molar-refractivity contribution in [1.29, 1.82) is 0 Å². The maximum Gasteiger partial charge on any atom is 0.124 e. The zero-order valence-corrected chi connectivity index (χ0v) is 12.2. The van der Waals surface area contributed by atoms with Crippen LogP contribution in [0.4, 0.5) is 0 Å². The number of nitrogens with one attached hydrogen (secondary N) is 2. The summed E-state index contributed by atoms with van der Waals surface area (Å²) in [6, 6.07) is 2.15. The molecule has 0 amide bonds. The molecule has 1 aromatic heterocycles. The third-order valence-electron chi connectivity index (χ3n) is 3.49. The molecule has 19 heavy (non-hydrogen) atoms. The number of aryl methyl sites for hydroxylation is 1. The lowest BCUT2D eigenvalue weighted by atomic mass is 9.97. The Morgan fingerprint density at radius 2 is 2.00 bits per heavy atom. The lowest BCUT2D eigenvalue weighted by molar-refractivity contribution is 0.408. The van der Waals surface area contributed by atoms with Crippen molar-refractivity contribution in [2.45, 2.75) is 27.3 Å². The minimum absolute atomic E-state index is 0.743. The van der Waals surface area contributed by atoms with Crippen LogP contribution >= 0.6 is 0 Å². The first-order valence-corrected chi connectivity index (χ1v) is 6.42. The molecular formula is C15H21N3O. The molecule has 0 saturated carbocycles. The van der Waals surface area contributed by atoms with Gasteiger partial charge in [0.25, 0.3) is 0 Å². The summed E-state index contributed by atoms with van der Waals surface area (Å²) in [6.07, 6.45) is 1.89. The summed E-state index contributed by atoms with van der Waals surface area (Å²) >= 11 is 0. The van der Waals surface area contributed by atoms with E-state index in [0.717, 1.165) is 29.4 Å². The smallest absolute Gasteiger partial charge is 0.124 e. The molecular weight excluding hydrogens is 238 g/mol. The topological polar surface area (TPSA) is 49.9 Å². The zero-order chi connectivity index (χ0) is 14.0. The molecule has 0 aliphatic rings. The van der Waals surface area contributed by atoms with Crippen molar-refractivity contribution in [2.24, 2.45) is 0 Å². The molecule has 4 nitrogen and oxygen atoms in total. The number of aromatic amines is 1. The number of ether oxygens (including phenoxy) is 1. The number of rotatable bonds is 4. The summed E-state index contributed by atoms with van der Waals surface area (Å²) in [4.78, 5) is 7.72. The normalized spacial score (nSPS) is 10.8. The predicted molar refractivity (Wildman–Crippen MR) is 77.6 cm³/mol. The van der Waals surface area contributed by atoms with Crippen molar-refractivity contribution in [1.82, 2.24) is 15.3 Å². The van der Waals surface area contributed by atoms with Crippen molar-refractivity contribution in [3.05, 3.63) is 34.8 Å². The predicted octanol–water partition coefficient (Wildman–Crippen LogP) is 2.73. The fourth-order valence-corrected chi connectivity index (χ4v) is 2.41. The van der Waals surface area contributed by atoms with Crippen LogP contribution in [0.25, 0.3) is 11.3 Å². The van der Waals surface area contributed by atoms with Crippen LogP contribution < -0.4 is 10.1 Å². The molecule has 2 N–H and O–H groups in total. The Morgan fingerprint density at radius 1 is 1.26 bits per heavy atom. The van der Waals surface area contributed by atoms with Gasteiger partial charge in [-0.1, -0.05) is 0 Å². The van der Waals surface area contributed by atoms with Gasteiger partial charge in [0.15, 0.2) is 0 Å². The number of methoxy groups -OCH3 is 1. The summed E-state index contributed by atoms with van der Waals surface area (Å²) in [5.74, 6) is 1.92. The number of aromatic nitrogens is 2. The van der Waals surface area contributed by atoms with Gasteiger partial charge < -0.3 is 15.0 Å². The lowest BCUT2D eigenvalue weighted by Crippen LogP contribution is -2.06. The number of hydrogen-bond acceptors (Lipinski definition) is 3. The van der Waals surface area contributed by atoms with E-state index in [1.54, 1.807) is 7.11 Å². The van der Waals surface area contributed by atoms with Crippen molar-refractivity contribution >= 4 is 0 Å². The summed E-state index contributed by atoms with van der Waals surface area (Å²) < 4.78 is 5.46. The molecule has 0 bridgehead atoms. The van der Waals surface area contributed by atoms with E-state index in [-0.39, 0.29) is 0 Å². The highest BCUT2D eigenvalue weighted by Crippen LogP contribution is 2.33. The van der Waals surface area contributed by atoms with Gasteiger partial charge in [-0.3, -0.25) is 0 Å². The fraction of sp³-hybridized carbons (Fsp3) is 0.400. The molecule has 102 valence electrons. The number of H-pyrrole nitrogens is 1. The molecule has 2 rings (SSSR count). The highest BCUT2D eigenvalue weighted by Gasteiger charge is 2.13. The standard InChI is InChI=1S/C15H21N3O/c1-9-6-12(10(2)11(3)15(9)19-5)13-7-17-14(18-13)8-16-4/h6-7,16H,8H2,1-5H3,(H,17,18). The van der Waals surface area contributed by atoms with Gasteiger partial charge in [-0.25, -0.2) is 4.98 Å². The average Bonchev–Trinajstić information content (AvgIpc) is 2.83. The molecule has 0 spiro atoms. The monoisotopic (exact) mass is 259 g/mol. The summed E-state index contributed by atoms with van der Waals surface area (Å²) in [5, 5.41) is 3.09. The first-order valence-electron chi connectivity index (χ1n) is 6.42. The van der Waals surface area contributed by atoms with E-state index in [1.807, 2.05) is 13.2 Å². The van der Waals surface area contributed by atoms with Crippen LogP contribution in [0.15, 0.2) is 12.3 Å². The van der Waals surface area contributed by atoms with Gasteiger partial charge in [0.1, 0.15) is 11.6 Å². The molecule has 0 unspecified atom stereocenters. The van der Waals surface area contributed by atoms with Gasteiger partial charge in [0, 0.05) is 5.56 Å². The lowest BCUT2D eigenvalue weighted by Gasteiger charge is -2.14. The number of benzene rings is 1. The number of imidazole rings is 1. The van der Waals surface area contributed by atoms with Crippen LogP contribution in [-0.4, -0.2) is 24.1 Å². The Morgan fingerprint density at radius 3 is 2.63 bits per heavy atom. The second-order valence-electron chi connectivity index (χ2n) is 4.80. The molecule has 2 aromatic rings. The molecule has 0 aliphatic carbocycles. The minimum atomic E-state index is 0.743. The first-order chi connectivity index (χ1) is 9.08. The maximum absolute atomic E-state index is 5.46. The quantitative estimate of drug-likeness (QED) is 0.887. The molecule has 0 radical (unpaired) electrons. The van der Waals surface area contributed by atoms with Crippen molar-refractivity contribution in [3.63, 3.8) is 0 Å². The largest absolute Gasteiger partial charge is 0.496 e. The minimum Gasteiger partial charge on any atom is -0.496 e. The SMILES string of the molecule is CNCc1ncc(-c2cc(C)c(OC)c(C)c2C)[nH]1. The van der Waals surface area contributed by atoms with E-state index in [1.165, 1.54) is 16.7 Å². The number of hydrogen-bond donors (Lipinski definition) is 2. The highest BCUT2D eigenvalue weighted by molar-refractivity contribution is 5.68. The Balaban J connectivity index is 2.50. The van der Waals surface area contributed by atoms with Crippen LogP contribution in [0.1, 0.15) is 22.5 Å². The second-order valence-corrected chi connectivity index (χ2v) is 4.80. The van der Waals surface area contributed by atoms with Gasteiger partial charge in [0.05, 0.1) is 25.5 Å². The highest BCUT2D eigenvalue weighted by atomic mass is 16.5. The molecule has 1 aromatic carbocycles. The van der Waals surface area contributed by atoms with E-state index in [9.17, 15) is 0 Å². The van der Waals surface area contributed by atoms with Crippen molar-refractivity contribution in [3.8, 4) is 17.0 Å². The van der Waals surface area contributed by atoms with Crippen LogP contribution in [0.5, 0.6) is 5.75 Å². The second kappa shape index (κ2) is 5.45. The van der Waals surface area contributed by atoms with E-state index in [2.05, 4.69) is 42.1 Å². The zero-order valence-electron chi connectivity index (χ0n) is 12.2. The van der Waals surface area contributed by atoms with Gasteiger partial charge in [0.2, 0.25) is 0 Å². The Hall–Kier alpha value is -1.81. The van der Waals surface area contributed by atoms with Gasteiger partial charge >= 0.3 is 0 Å². The van der Waals surface area contributed by atoms with Crippen molar-refractivity contribution < 1.29 is 4.74 Å². The van der Waals surface area contributed by atoms with Crippen LogP contribution in [0.2, 0.25) is 0 Å². The van der Waals surface area contributed by atoms with Crippen molar-refractivity contribution in [2.75, 3.05) is 14.2 Å². The van der Waals surface area contributed by atoms with E-state index in [0.29, 0.717) is 0 Å². The Kier molecular flexibility index (Phi) is 3.90. The molecule has 0 saturated heterocycles. The van der Waals surface area contributed by atoms with E-state index in [4.69, 9.17) is 4.74 Å². The third-order valence-corrected chi connectivity index (χ3v) is 3.49. The summed E-state index contributed by atoms with van der Waals surface area (Å²) in [5.41, 5.74) is 5.79. The molecule has 0 fully saturated rings. The molecule has 0 aliphatic heterocycles. The molecule has 1 heterocycles. The van der Waals surface area contributed by atoms with E-state index < -0.39 is 0 Å². The fourth-order valence-electron chi connectivity index (χ4n) is 2.41. The maximum atomic E-state index is 5.46. The molecule has 4 heteroatoms. The Labute approximate surface area is 114 Å². The van der Waals surface area contributed by atoms with Gasteiger partial charge in [-0.05, 0) is 50.6 Å².